The number of aliphatic hydroxyl groups is 2. The minimum absolute atomic E-state index is 0.350. The first-order valence-electron chi connectivity index (χ1n) is 8.09. The fraction of sp³-hybridized carbons (Fsp3) is 0.529. The zero-order valence-corrected chi connectivity index (χ0v) is 15.5. The van der Waals surface area contributed by atoms with Gasteiger partial charge in [0, 0.05) is 11.5 Å². The molecule has 9 heteroatoms. The molecule has 3 rings (SSSR count). The summed E-state index contributed by atoms with van der Waals surface area (Å²) in [6.45, 7) is 0. The van der Waals surface area contributed by atoms with E-state index in [1.165, 1.54) is 24.8 Å². The zero-order chi connectivity index (χ0) is 19.6. The number of halogens is 2. The normalized spacial score (nSPS) is 28.3. The predicted molar refractivity (Wildman–Crippen MR) is 95.6 cm³/mol. The van der Waals surface area contributed by atoms with E-state index in [-0.39, 0.29) is 0 Å². The van der Waals surface area contributed by atoms with Crippen LogP contribution in [0, 0.1) is 5.92 Å². The lowest BCUT2D eigenvalue weighted by Gasteiger charge is -2.23. The van der Waals surface area contributed by atoms with E-state index in [1.54, 1.807) is 0 Å². The first-order chi connectivity index (χ1) is 12.1. The maximum atomic E-state index is 9.77. The fourth-order valence-corrected chi connectivity index (χ4v) is 4.07. The van der Waals surface area contributed by atoms with Crippen molar-refractivity contribution in [3.63, 3.8) is 0 Å². The minimum Gasteiger partial charge on any atom is -0.479 e. The lowest BCUT2D eigenvalue weighted by molar-refractivity contribution is -0.165. The smallest absolute Gasteiger partial charge is 0.335 e. The van der Waals surface area contributed by atoms with Crippen molar-refractivity contribution in [3.05, 3.63) is 33.8 Å². The topological polar surface area (TPSA) is 127 Å². The highest BCUT2D eigenvalue weighted by Gasteiger charge is 2.63. The summed E-state index contributed by atoms with van der Waals surface area (Å²) < 4.78 is 0. The van der Waals surface area contributed by atoms with E-state index >= 15 is 0 Å². The van der Waals surface area contributed by atoms with Crippen LogP contribution in [0.1, 0.15) is 24.8 Å². The summed E-state index contributed by atoms with van der Waals surface area (Å²) >= 11 is 12.1. The highest BCUT2D eigenvalue weighted by Crippen LogP contribution is 2.64. The van der Waals surface area contributed by atoms with E-state index in [4.69, 9.17) is 43.6 Å². The molecule has 7 nitrogen and oxygen atoms in total. The number of rotatable bonds is 5. The highest BCUT2D eigenvalue weighted by molar-refractivity contribution is 6.42. The lowest BCUT2D eigenvalue weighted by atomic mass is 9.89. The molecular formula is C17H21Cl2NO6. The molecule has 5 N–H and O–H groups in total. The molecule has 5 atom stereocenters. The Morgan fingerprint density at radius 1 is 1.12 bits per heavy atom. The summed E-state index contributed by atoms with van der Waals surface area (Å²) in [7, 11) is 2.06. The number of benzene rings is 1. The van der Waals surface area contributed by atoms with E-state index in [2.05, 4.69) is 24.5 Å². The molecule has 5 unspecified atom stereocenters. The summed E-state index contributed by atoms with van der Waals surface area (Å²) in [5, 5.41) is 37.3. The number of hydrogen-bond donors (Lipinski definition) is 5. The summed E-state index contributed by atoms with van der Waals surface area (Å²) in [4.78, 5) is 19.5. The van der Waals surface area contributed by atoms with Crippen molar-refractivity contribution in [3.8, 4) is 0 Å². The molecule has 0 radical (unpaired) electrons. The molecule has 2 saturated carbocycles. The molecule has 2 fully saturated rings. The molecule has 0 aromatic heterocycles. The Morgan fingerprint density at radius 2 is 1.69 bits per heavy atom. The molecule has 144 valence electrons. The Kier molecular flexibility index (Phi) is 6.52. The highest BCUT2D eigenvalue weighted by atomic mass is 35.5. The quantitative estimate of drug-likeness (QED) is 0.502. The van der Waals surface area contributed by atoms with Gasteiger partial charge in [0.05, 0.1) is 10.0 Å². The third-order valence-electron chi connectivity index (χ3n) is 5.19. The molecule has 2 aliphatic carbocycles. The van der Waals surface area contributed by atoms with E-state index in [1.807, 2.05) is 6.07 Å². The van der Waals surface area contributed by atoms with Gasteiger partial charge in [-0.3, -0.25) is 0 Å². The molecule has 2 aliphatic rings. The maximum absolute atomic E-state index is 9.77. The van der Waals surface area contributed by atoms with Crippen molar-refractivity contribution in [1.29, 1.82) is 0 Å². The van der Waals surface area contributed by atoms with Crippen LogP contribution in [0.4, 0.5) is 0 Å². The summed E-state index contributed by atoms with van der Waals surface area (Å²) in [6, 6.07) is 6.73. The van der Waals surface area contributed by atoms with E-state index in [0.717, 1.165) is 5.92 Å². The Hall–Kier alpha value is -1.38. The van der Waals surface area contributed by atoms with Crippen LogP contribution in [0.5, 0.6) is 0 Å². The number of fused-ring (bicyclic) bond motifs is 1. The Labute approximate surface area is 160 Å². The third kappa shape index (κ3) is 3.97. The first-order valence-corrected chi connectivity index (χ1v) is 8.85. The van der Waals surface area contributed by atoms with Gasteiger partial charge in [-0.2, -0.15) is 0 Å². The van der Waals surface area contributed by atoms with Gasteiger partial charge in [0.1, 0.15) is 0 Å². The summed E-state index contributed by atoms with van der Waals surface area (Å²) in [5.74, 6) is -2.69. The van der Waals surface area contributed by atoms with Crippen molar-refractivity contribution in [2.24, 2.45) is 5.92 Å². The molecule has 0 aliphatic heterocycles. The number of carboxylic acids is 2. The number of aliphatic carboxylic acids is 2. The number of hydrogen-bond acceptors (Lipinski definition) is 5. The largest absolute Gasteiger partial charge is 0.479 e. The number of likely N-dealkylation sites (N-methyl/N-ethyl adjacent to an activating group) is 1. The Bertz CT molecular complexity index is 682. The maximum Gasteiger partial charge on any atom is 0.335 e. The van der Waals surface area contributed by atoms with Gasteiger partial charge >= 0.3 is 11.9 Å². The van der Waals surface area contributed by atoms with Gasteiger partial charge in [-0.25, -0.2) is 9.59 Å². The van der Waals surface area contributed by atoms with Crippen LogP contribution < -0.4 is 5.32 Å². The van der Waals surface area contributed by atoms with Gasteiger partial charge in [0.25, 0.3) is 0 Å². The number of aliphatic hydroxyl groups excluding tert-OH is 2. The second kappa shape index (κ2) is 8.10. The second-order valence-corrected chi connectivity index (χ2v) is 7.37. The van der Waals surface area contributed by atoms with Crippen molar-refractivity contribution < 1.29 is 30.0 Å². The van der Waals surface area contributed by atoms with Crippen LogP contribution in [-0.2, 0) is 15.0 Å². The lowest BCUT2D eigenvalue weighted by Crippen LogP contribution is -2.39. The monoisotopic (exact) mass is 405 g/mol. The van der Waals surface area contributed by atoms with Gasteiger partial charge < -0.3 is 25.7 Å². The van der Waals surface area contributed by atoms with Crippen LogP contribution in [0.2, 0.25) is 10.0 Å². The molecule has 1 aromatic carbocycles. The minimum atomic E-state index is -2.27. The molecular weight excluding hydrogens is 385 g/mol. The number of nitrogens with one attached hydrogen (secondary N) is 1. The van der Waals surface area contributed by atoms with Crippen LogP contribution in [0.3, 0.4) is 0 Å². The molecule has 0 amide bonds. The molecule has 0 heterocycles. The zero-order valence-electron chi connectivity index (χ0n) is 14.0. The molecule has 26 heavy (non-hydrogen) atoms. The molecule has 0 spiro atoms. The van der Waals surface area contributed by atoms with Crippen LogP contribution in [0.15, 0.2) is 18.2 Å². The molecule has 0 bridgehead atoms. The Balaban J connectivity index is 0.000000213. The van der Waals surface area contributed by atoms with E-state index in [0.29, 0.717) is 21.5 Å². The first kappa shape index (κ1) is 20.9. The SMILES string of the molecule is CNC1CCC2CC21c1ccc(Cl)c(Cl)c1.O=C(O)C(O)C(O)C(=O)O. The number of carbonyl (C=O) groups is 2. The van der Waals surface area contributed by atoms with Gasteiger partial charge in [-0.05, 0) is 49.9 Å². The Morgan fingerprint density at radius 3 is 2.12 bits per heavy atom. The predicted octanol–water partition coefficient (Wildman–Crippen LogP) is 1.51. The van der Waals surface area contributed by atoms with Crippen LogP contribution >= 0.6 is 23.2 Å². The average molecular weight is 406 g/mol. The summed E-state index contributed by atoms with van der Waals surface area (Å²) in [5.41, 5.74) is 1.71. The molecule has 1 aromatic rings. The van der Waals surface area contributed by atoms with E-state index in [9.17, 15) is 9.59 Å². The summed E-state index contributed by atoms with van der Waals surface area (Å²) in [6.07, 6.45) is -0.612. The fourth-order valence-electron chi connectivity index (χ4n) is 3.77. The van der Waals surface area contributed by atoms with Gasteiger partial charge in [0.15, 0.2) is 12.2 Å². The van der Waals surface area contributed by atoms with Crippen molar-refractivity contribution in [2.75, 3.05) is 7.05 Å². The van der Waals surface area contributed by atoms with Gasteiger partial charge in [0.2, 0.25) is 0 Å². The van der Waals surface area contributed by atoms with Crippen LogP contribution in [-0.4, -0.2) is 57.7 Å². The average Bonchev–Trinajstić information content (AvgIpc) is 3.22. The standard InChI is InChI=1S/C13H15Cl2N.C4H6O6/c1-16-12-5-3-9-7-13(9,12)8-2-4-10(14)11(15)6-8;5-1(3(7)8)2(6)4(9)10/h2,4,6,9,12,16H,3,5,7H2,1H3;1-2,5-6H,(H,7,8)(H,9,10). The number of carboxylic acid groups (broad SMARTS) is 2. The van der Waals surface area contributed by atoms with E-state index < -0.39 is 24.1 Å². The third-order valence-corrected chi connectivity index (χ3v) is 5.93. The molecule has 0 saturated heterocycles. The van der Waals surface area contributed by atoms with Crippen LogP contribution in [0.25, 0.3) is 0 Å². The van der Waals surface area contributed by atoms with Crippen molar-refractivity contribution >= 4 is 35.1 Å². The van der Waals surface area contributed by atoms with Crippen molar-refractivity contribution in [2.45, 2.75) is 42.9 Å². The second-order valence-electron chi connectivity index (χ2n) is 6.56. The van der Waals surface area contributed by atoms with Gasteiger partial charge in [-0.15, -0.1) is 0 Å². The van der Waals surface area contributed by atoms with Crippen molar-refractivity contribution in [1.82, 2.24) is 5.32 Å². The van der Waals surface area contributed by atoms with Gasteiger partial charge in [-0.1, -0.05) is 29.3 Å².